The second-order valence-electron chi connectivity index (χ2n) is 4.94. The van der Waals surface area contributed by atoms with Crippen LogP contribution in [0.25, 0.3) is 0 Å². The summed E-state index contributed by atoms with van der Waals surface area (Å²) >= 11 is 0. The minimum absolute atomic E-state index is 0.209. The van der Waals surface area contributed by atoms with Crippen molar-refractivity contribution in [2.24, 2.45) is 0 Å². The molecule has 1 fully saturated rings. The average Bonchev–Trinajstić information content (AvgIpc) is 2.45. The molecule has 0 radical (unpaired) electrons. The lowest BCUT2D eigenvalue weighted by Crippen LogP contribution is -2.50. The van der Waals surface area contributed by atoms with Gasteiger partial charge in [-0.1, -0.05) is 26.7 Å². The van der Waals surface area contributed by atoms with Crippen molar-refractivity contribution in [2.45, 2.75) is 46.0 Å². The van der Waals surface area contributed by atoms with Gasteiger partial charge in [-0.15, -0.1) is 0 Å². The first-order valence-electron chi connectivity index (χ1n) is 7.38. The van der Waals surface area contributed by atoms with Crippen LogP contribution in [0.2, 0.25) is 0 Å². The molecule has 0 spiro atoms. The van der Waals surface area contributed by atoms with Crippen LogP contribution in [0.3, 0.4) is 0 Å². The quantitative estimate of drug-likeness (QED) is 0.696. The van der Waals surface area contributed by atoms with Crippen molar-refractivity contribution in [1.82, 2.24) is 9.80 Å². The molecule has 1 aliphatic heterocycles. The maximum absolute atomic E-state index is 11.8. The molecular weight excluding hydrogens is 244 g/mol. The summed E-state index contributed by atoms with van der Waals surface area (Å²) in [6.07, 6.45) is 4.29. The molecule has 0 bridgehead atoms. The van der Waals surface area contributed by atoms with Gasteiger partial charge in [0.2, 0.25) is 5.91 Å². The largest absolute Gasteiger partial charge is 0.449 e. The Hall–Kier alpha value is -1.26. The van der Waals surface area contributed by atoms with Crippen LogP contribution in [0.1, 0.15) is 46.0 Å². The number of amides is 2. The first-order chi connectivity index (χ1) is 9.19. The first-order valence-corrected chi connectivity index (χ1v) is 7.38. The summed E-state index contributed by atoms with van der Waals surface area (Å²) < 4.78 is 5.17. The topological polar surface area (TPSA) is 49.9 Å². The zero-order chi connectivity index (χ0) is 14.1. The Labute approximate surface area is 115 Å². The number of unbranched alkanes of at least 4 members (excludes halogenated alkanes) is 2. The molecule has 1 rings (SSSR count). The Kier molecular flexibility index (Phi) is 7.30. The van der Waals surface area contributed by atoms with Gasteiger partial charge in [0, 0.05) is 32.6 Å². The Morgan fingerprint density at radius 3 is 2.11 bits per heavy atom. The Bertz CT molecular complexity index is 286. The zero-order valence-corrected chi connectivity index (χ0v) is 12.2. The van der Waals surface area contributed by atoms with Crippen molar-refractivity contribution < 1.29 is 14.3 Å². The molecule has 5 nitrogen and oxygen atoms in total. The average molecular weight is 270 g/mol. The standard InChI is InChI=1S/C14H26N2O3/c1-3-5-7-13(17)15-8-10-16(11-9-15)14(18)19-12-6-4-2/h3-12H2,1-2H3. The van der Waals surface area contributed by atoms with E-state index in [-0.39, 0.29) is 12.0 Å². The Balaban J connectivity index is 2.24. The lowest BCUT2D eigenvalue weighted by Gasteiger charge is -2.34. The third kappa shape index (κ3) is 5.49. The van der Waals surface area contributed by atoms with Crippen LogP contribution in [-0.4, -0.2) is 54.6 Å². The maximum Gasteiger partial charge on any atom is 0.409 e. The molecule has 0 aliphatic carbocycles. The molecular formula is C14H26N2O3. The van der Waals surface area contributed by atoms with E-state index in [1.165, 1.54) is 0 Å². The second-order valence-corrected chi connectivity index (χ2v) is 4.94. The van der Waals surface area contributed by atoms with Gasteiger partial charge in [-0.2, -0.15) is 0 Å². The van der Waals surface area contributed by atoms with E-state index in [0.717, 1.165) is 25.7 Å². The van der Waals surface area contributed by atoms with Gasteiger partial charge < -0.3 is 14.5 Å². The van der Waals surface area contributed by atoms with Crippen molar-refractivity contribution in [3.8, 4) is 0 Å². The Morgan fingerprint density at radius 1 is 0.947 bits per heavy atom. The summed E-state index contributed by atoms with van der Waals surface area (Å²) in [5.74, 6) is 0.209. The highest BCUT2D eigenvalue weighted by molar-refractivity contribution is 5.76. The molecule has 0 saturated carbocycles. The van der Waals surface area contributed by atoms with E-state index < -0.39 is 0 Å². The van der Waals surface area contributed by atoms with Gasteiger partial charge in [-0.25, -0.2) is 4.79 Å². The highest BCUT2D eigenvalue weighted by Crippen LogP contribution is 2.07. The number of ether oxygens (including phenoxy) is 1. The molecule has 1 heterocycles. The van der Waals surface area contributed by atoms with Crippen molar-refractivity contribution in [3.63, 3.8) is 0 Å². The van der Waals surface area contributed by atoms with Crippen LogP contribution in [0.4, 0.5) is 4.79 Å². The molecule has 0 unspecified atom stereocenters. The fourth-order valence-corrected chi connectivity index (χ4v) is 2.02. The van der Waals surface area contributed by atoms with Crippen LogP contribution in [0, 0.1) is 0 Å². The minimum Gasteiger partial charge on any atom is -0.449 e. The number of carbonyl (C=O) groups excluding carboxylic acids is 2. The van der Waals surface area contributed by atoms with E-state index in [2.05, 4.69) is 13.8 Å². The normalized spacial score (nSPS) is 15.5. The summed E-state index contributed by atoms with van der Waals surface area (Å²) in [5, 5.41) is 0. The molecule has 0 aromatic carbocycles. The molecule has 0 N–H and O–H groups in total. The molecule has 2 amide bonds. The summed E-state index contributed by atoms with van der Waals surface area (Å²) in [7, 11) is 0. The molecule has 5 heteroatoms. The van der Waals surface area contributed by atoms with Crippen molar-refractivity contribution >= 4 is 12.0 Å². The van der Waals surface area contributed by atoms with Gasteiger partial charge in [-0.3, -0.25) is 4.79 Å². The highest BCUT2D eigenvalue weighted by Gasteiger charge is 2.24. The fraction of sp³-hybridized carbons (Fsp3) is 0.857. The van der Waals surface area contributed by atoms with Gasteiger partial charge in [-0.05, 0) is 12.8 Å². The third-order valence-corrected chi connectivity index (χ3v) is 3.36. The number of carbonyl (C=O) groups is 2. The highest BCUT2D eigenvalue weighted by atomic mass is 16.6. The summed E-state index contributed by atoms with van der Waals surface area (Å²) in [6, 6.07) is 0. The van der Waals surface area contributed by atoms with E-state index in [4.69, 9.17) is 4.74 Å². The van der Waals surface area contributed by atoms with Crippen LogP contribution in [0.15, 0.2) is 0 Å². The monoisotopic (exact) mass is 270 g/mol. The molecule has 0 atom stereocenters. The lowest BCUT2D eigenvalue weighted by molar-refractivity contribution is -0.132. The van der Waals surface area contributed by atoms with Gasteiger partial charge >= 0.3 is 6.09 Å². The van der Waals surface area contributed by atoms with Gasteiger partial charge in [0.15, 0.2) is 0 Å². The smallest absolute Gasteiger partial charge is 0.409 e. The van der Waals surface area contributed by atoms with Gasteiger partial charge in [0.25, 0.3) is 0 Å². The predicted octanol–water partition coefficient (Wildman–Crippen LogP) is 2.26. The van der Waals surface area contributed by atoms with Crippen molar-refractivity contribution in [1.29, 1.82) is 0 Å². The minimum atomic E-state index is -0.242. The summed E-state index contributed by atoms with van der Waals surface area (Å²) in [4.78, 5) is 27.1. The fourth-order valence-electron chi connectivity index (χ4n) is 2.02. The van der Waals surface area contributed by atoms with Crippen LogP contribution >= 0.6 is 0 Å². The van der Waals surface area contributed by atoms with E-state index in [0.29, 0.717) is 39.2 Å². The molecule has 1 saturated heterocycles. The molecule has 1 aliphatic rings. The second kappa shape index (κ2) is 8.77. The number of hydrogen-bond acceptors (Lipinski definition) is 3. The molecule has 0 aromatic rings. The number of hydrogen-bond donors (Lipinski definition) is 0. The SMILES string of the molecule is CCCCOC(=O)N1CCN(C(=O)CCCC)CC1. The van der Waals surface area contributed by atoms with Crippen LogP contribution < -0.4 is 0 Å². The number of piperazine rings is 1. The van der Waals surface area contributed by atoms with E-state index in [9.17, 15) is 9.59 Å². The summed E-state index contributed by atoms with van der Waals surface area (Å²) in [5.41, 5.74) is 0. The Morgan fingerprint density at radius 2 is 1.53 bits per heavy atom. The number of rotatable bonds is 6. The lowest BCUT2D eigenvalue weighted by atomic mass is 10.2. The molecule has 110 valence electrons. The van der Waals surface area contributed by atoms with Gasteiger partial charge in [0.05, 0.1) is 6.61 Å². The van der Waals surface area contributed by atoms with E-state index >= 15 is 0 Å². The summed E-state index contributed by atoms with van der Waals surface area (Å²) in [6.45, 7) is 7.07. The molecule has 19 heavy (non-hydrogen) atoms. The van der Waals surface area contributed by atoms with Crippen molar-refractivity contribution in [2.75, 3.05) is 32.8 Å². The van der Waals surface area contributed by atoms with Crippen LogP contribution in [-0.2, 0) is 9.53 Å². The predicted molar refractivity (Wildman–Crippen MR) is 73.9 cm³/mol. The van der Waals surface area contributed by atoms with Crippen molar-refractivity contribution in [3.05, 3.63) is 0 Å². The van der Waals surface area contributed by atoms with E-state index in [1.54, 1.807) is 4.90 Å². The van der Waals surface area contributed by atoms with Crippen LogP contribution in [0.5, 0.6) is 0 Å². The third-order valence-electron chi connectivity index (χ3n) is 3.36. The first kappa shape index (κ1) is 15.8. The zero-order valence-electron chi connectivity index (χ0n) is 12.2. The molecule has 0 aromatic heterocycles. The maximum atomic E-state index is 11.8. The van der Waals surface area contributed by atoms with E-state index in [1.807, 2.05) is 4.90 Å². The number of nitrogens with zero attached hydrogens (tertiary/aromatic N) is 2. The van der Waals surface area contributed by atoms with Gasteiger partial charge in [0.1, 0.15) is 0 Å².